The highest BCUT2D eigenvalue weighted by atomic mass is 35.5. The lowest BCUT2D eigenvalue weighted by Gasteiger charge is -2.07. The number of rotatable bonds is 4. The molecule has 27 heavy (non-hydrogen) atoms. The van der Waals surface area contributed by atoms with Gasteiger partial charge in [-0.3, -0.25) is 9.59 Å². The normalized spacial score (nSPS) is 11.0. The van der Waals surface area contributed by atoms with E-state index in [0.717, 1.165) is 21.5 Å². The van der Waals surface area contributed by atoms with Crippen LogP contribution in [0.2, 0.25) is 5.02 Å². The average Bonchev–Trinajstić information content (AvgIpc) is 3.12. The molecule has 0 atom stereocenters. The SMILES string of the molecule is NC(=O)c1ccc(-c2cc3c(s2)c(=O)ncn3Cc2ccc(Cl)cc2)cc1. The minimum atomic E-state index is -0.468. The number of hydrogen-bond donors (Lipinski definition) is 1. The maximum atomic E-state index is 12.2. The lowest BCUT2D eigenvalue weighted by Crippen LogP contribution is -2.11. The Hall–Kier alpha value is -2.96. The highest BCUT2D eigenvalue weighted by Crippen LogP contribution is 2.32. The summed E-state index contributed by atoms with van der Waals surface area (Å²) in [5, 5.41) is 0.680. The standard InChI is InChI=1S/C20H14ClN3O2S/c21-15-7-1-12(2-8-15)10-24-11-23-20(26)18-16(24)9-17(27-18)13-3-5-14(6-4-13)19(22)25/h1-9,11H,10H2,(H2,22,25). The molecule has 7 heteroatoms. The van der Waals surface area contributed by atoms with Gasteiger partial charge in [0, 0.05) is 22.0 Å². The van der Waals surface area contributed by atoms with Crippen molar-refractivity contribution in [3.8, 4) is 10.4 Å². The zero-order chi connectivity index (χ0) is 19.0. The highest BCUT2D eigenvalue weighted by molar-refractivity contribution is 7.22. The molecule has 0 saturated carbocycles. The summed E-state index contributed by atoms with van der Waals surface area (Å²) < 4.78 is 2.54. The number of thiophene rings is 1. The maximum Gasteiger partial charge on any atom is 0.290 e. The molecule has 1 amide bonds. The molecule has 0 unspecified atom stereocenters. The fourth-order valence-corrected chi connectivity index (χ4v) is 4.04. The van der Waals surface area contributed by atoms with E-state index in [4.69, 9.17) is 17.3 Å². The summed E-state index contributed by atoms with van der Waals surface area (Å²) in [5.74, 6) is -0.468. The van der Waals surface area contributed by atoms with Gasteiger partial charge in [0.1, 0.15) is 4.70 Å². The van der Waals surface area contributed by atoms with E-state index in [0.29, 0.717) is 21.8 Å². The molecule has 2 heterocycles. The second-order valence-corrected chi connectivity index (χ2v) is 7.56. The van der Waals surface area contributed by atoms with Crippen molar-refractivity contribution in [2.24, 2.45) is 5.73 Å². The minimum absolute atomic E-state index is 0.248. The van der Waals surface area contributed by atoms with Gasteiger partial charge in [-0.05, 0) is 41.5 Å². The van der Waals surface area contributed by atoms with Crippen LogP contribution in [0, 0.1) is 0 Å². The number of benzene rings is 2. The van der Waals surface area contributed by atoms with Gasteiger partial charge in [0.2, 0.25) is 5.91 Å². The van der Waals surface area contributed by atoms with Crippen molar-refractivity contribution in [2.75, 3.05) is 0 Å². The fraction of sp³-hybridized carbons (Fsp3) is 0.0500. The summed E-state index contributed by atoms with van der Waals surface area (Å²) in [6.45, 7) is 0.581. The van der Waals surface area contributed by atoms with Crippen LogP contribution in [0.3, 0.4) is 0 Å². The number of halogens is 1. The van der Waals surface area contributed by atoms with E-state index < -0.39 is 5.91 Å². The minimum Gasteiger partial charge on any atom is -0.366 e. The monoisotopic (exact) mass is 395 g/mol. The molecule has 4 rings (SSSR count). The van der Waals surface area contributed by atoms with Crippen LogP contribution in [-0.4, -0.2) is 15.5 Å². The molecular weight excluding hydrogens is 382 g/mol. The third kappa shape index (κ3) is 3.49. The molecular formula is C20H14ClN3O2S. The lowest BCUT2D eigenvalue weighted by molar-refractivity contribution is 0.100. The van der Waals surface area contributed by atoms with Crippen LogP contribution >= 0.6 is 22.9 Å². The Morgan fingerprint density at radius 3 is 2.48 bits per heavy atom. The molecule has 2 aromatic carbocycles. The molecule has 0 saturated heterocycles. The van der Waals surface area contributed by atoms with E-state index in [2.05, 4.69) is 4.98 Å². The van der Waals surface area contributed by atoms with E-state index in [9.17, 15) is 9.59 Å². The predicted molar refractivity (Wildman–Crippen MR) is 108 cm³/mol. The van der Waals surface area contributed by atoms with Crippen molar-refractivity contribution in [1.29, 1.82) is 0 Å². The van der Waals surface area contributed by atoms with Gasteiger partial charge in [0.05, 0.1) is 11.8 Å². The number of carbonyl (C=O) groups is 1. The Morgan fingerprint density at radius 1 is 1.11 bits per heavy atom. The quantitative estimate of drug-likeness (QED) is 0.568. The van der Waals surface area contributed by atoms with Crippen LogP contribution in [0.25, 0.3) is 20.7 Å². The number of hydrogen-bond acceptors (Lipinski definition) is 4. The Morgan fingerprint density at radius 2 is 1.81 bits per heavy atom. The van der Waals surface area contributed by atoms with Crippen LogP contribution in [0.15, 0.2) is 65.7 Å². The summed E-state index contributed by atoms with van der Waals surface area (Å²) in [6.07, 6.45) is 1.56. The van der Waals surface area contributed by atoms with E-state index >= 15 is 0 Å². The number of nitrogens with zero attached hydrogens (tertiary/aromatic N) is 2. The molecule has 0 aliphatic rings. The number of fused-ring (bicyclic) bond motifs is 1. The molecule has 0 bridgehead atoms. The third-order valence-corrected chi connectivity index (χ3v) is 5.66. The van der Waals surface area contributed by atoms with Gasteiger partial charge in [-0.1, -0.05) is 35.9 Å². The van der Waals surface area contributed by atoms with Gasteiger partial charge in [0.15, 0.2) is 0 Å². The van der Waals surface area contributed by atoms with Crippen molar-refractivity contribution in [2.45, 2.75) is 6.54 Å². The molecule has 4 aromatic rings. The molecule has 0 aliphatic heterocycles. The first-order chi connectivity index (χ1) is 13.0. The molecule has 0 spiro atoms. The Bertz CT molecular complexity index is 1190. The van der Waals surface area contributed by atoms with Crippen molar-refractivity contribution in [1.82, 2.24) is 9.55 Å². The van der Waals surface area contributed by atoms with E-state index in [1.165, 1.54) is 11.3 Å². The van der Waals surface area contributed by atoms with Gasteiger partial charge in [-0.15, -0.1) is 11.3 Å². The fourth-order valence-electron chi connectivity index (χ4n) is 2.84. The van der Waals surface area contributed by atoms with Gasteiger partial charge in [0.25, 0.3) is 5.56 Å². The molecule has 2 aromatic heterocycles. The first-order valence-electron chi connectivity index (χ1n) is 8.15. The largest absolute Gasteiger partial charge is 0.366 e. The number of amides is 1. The van der Waals surface area contributed by atoms with E-state index in [1.807, 2.05) is 47.0 Å². The molecule has 0 radical (unpaired) electrons. The lowest BCUT2D eigenvalue weighted by atomic mass is 10.1. The maximum absolute atomic E-state index is 12.2. The topological polar surface area (TPSA) is 78.0 Å². The molecule has 0 fully saturated rings. The van der Waals surface area contributed by atoms with Crippen LogP contribution in [0.5, 0.6) is 0 Å². The second-order valence-electron chi connectivity index (χ2n) is 6.07. The van der Waals surface area contributed by atoms with Gasteiger partial charge < -0.3 is 10.3 Å². The zero-order valence-electron chi connectivity index (χ0n) is 14.1. The number of carbonyl (C=O) groups excluding carboxylic acids is 1. The van der Waals surface area contributed by atoms with E-state index in [1.54, 1.807) is 18.5 Å². The number of primary amides is 1. The van der Waals surface area contributed by atoms with Crippen molar-refractivity contribution in [3.63, 3.8) is 0 Å². The highest BCUT2D eigenvalue weighted by Gasteiger charge is 2.12. The zero-order valence-corrected chi connectivity index (χ0v) is 15.6. The molecule has 134 valence electrons. The van der Waals surface area contributed by atoms with Gasteiger partial charge in [-0.25, -0.2) is 0 Å². The first kappa shape index (κ1) is 17.5. The average molecular weight is 396 g/mol. The second kappa shape index (κ2) is 6.98. The first-order valence-corrected chi connectivity index (χ1v) is 9.34. The van der Waals surface area contributed by atoms with Crippen molar-refractivity contribution in [3.05, 3.63) is 87.4 Å². The van der Waals surface area contributed by atoms with Crippen LogP contribution < -0.4 is 11.3 Å². The van der Waals surface area contributed by atoms with E-state index in [-0.39, 0.29) is 5.56 Å². The van der Waals surface area contributed by atoms with Crippen LogP contribution in [0.1, 0.15) is 15.9 Å². The molecule has 2 N–H and O–H groups in total. The number of aromatic nitrogens is 2. The Labute approximate surface area is 163 Å². The Kier molecular flexibility index (Phi) is 4.51. The summed E-state index contributed by atoms with van der Waals surface area (Å²) in [6, 6.07) is 16.5. The predicted octanol–water partition coefficient (Wildman–Crippen LogP) is 3.93. The van der Waals surface area contributed by atoms with Gasteiger partial charge in [-0.2, -0.15) is 4.98 Å². The summed E-state index contributed by atoms with van der Waals surface area (Å²) in [7, 11) is 0. The summed E-state index contributed by atoms with van der Waals surface area (Å²) >= 11 is 7.33. The van der Waals surface area contributed by atoms with Crippen LogP contribution in [-0.2, 0) is 6.54 Å². The smallest absolute Gasteiger partial charge is 0.290 e. The summed E-state index contributed by atoms with van der Waals surface area (Å²) in [5.41, 5.74) is 8.29. The molecule has 5 nitrogen and oxygen atoms in total. The summed E-state index contributed by atoms with van der Waals surface area (Å²) in [4.78, 5) is 28.4. The third-order valence-electron chi connectivity index (χ3n) is 4.25. The Balaban J connectivity index is 1.76. The van der Waals surface area contributed by atoms with Gasteiger partial charge >= 0.3 is 0 Å². The molecule has 0 aliphatic carbocycles. The number of nitrogens with two attached hydrogens (primary N) is 1. The van der Waals surface area contributed by atoms with Crippen LogP contribution in [0.4, 0.5) is 0 Å². The van der Waals surface area contributed by atoms with Crippen molar-refractivity contribution >= 4 is 39.1 Å². The van der Waals surface area contributed by atoms with Crippen molar-refractivity contribution < 1.29 is 4.79 Å².